The molecule has 30 heavy (non-hydrogen) atoms. The molecule has 0 aliphatic carbocycles. The predicted octanol–water partition coefficient (Wildman–Crippen LogP) is 2.86. The third-order valence-corrected chi connectivity index (χ3v) is 5.39. The van der Waals surface area contributed by atoms with Crippen molar-refractivity contribution in [2.24, 2.45) is 0 Å². The molecule has 0 aliphatic rings. The van der Waals surface area contributed by atoms with Crippen LogP contribution < -0.4 is 5.32 Å². The van der Waals surface area contributed by atoms with Gasteiger partial charge in [-0.05, 0) is 38.1 Å². The molecule has 9 heteroatoms. The van der Waals surface area contributed by atoms with Crippen LogP contribution in [0.15, 0.2) is 53.9 Å². The van der Waals surface area contributed by atoms with E-state index in [9.17, 15) is 9.59 Å². The third-order valence-electron chi connectivity index (χ3n) is 4.44. The second-order valence-corrected chi connectivity index (χ2v) is 7.68. The molecule has 1 aromatic carbocycles. The molecule has 2 aromatic heterocycles. The lowest BCUT2D eigenvalue weighted by atomic mass is 10.2. The van der Waals surface area contributed by atoms with Crippen molar-refractivity contribution >= 4 is 29.3 Å². The predicted molar refractivity (Wildman–Crippen MR) is 117 cm³/mol. The molecule has 3 aromatic rings. The number of carbonyl (C=O) groups is 2. The minimum Gasteiger partial charge on any atom is -0.336 e. The molecule has 0 unspecified atom stereocenters. The van der Waals surface area contributed by atoms with E-state index in [-0.39, 0.29) is 24.1 Å². The van der Waals surface area contributed by atoms with Crippen molar-refractivity contribution in [1.82, 2.24) is 24.6 Å². The number of hydrogen-bond donors (Lipinski definition) is 1. The Bertz CT molecular complexity index is 1000. The van der Waals surface area contributed by atoms with Crippen molar-refractivity contribution in [2.75, 3.05) is 24.7 Å². The summed E-state index contributed by atoms with van der Waals surface area (Å²) in [6.07, 6.45) is 3.41. The zero-order valence-electron chi connectivity index (χ0n) is 17.2. The summed E-state index contributed by atoms with van der Waals surface area (Å²) in [4.78, 5) is 30.1. The molecule has 2 heterocycles. The molecule has 0 spiro atoms. The Morgan fingerprint density at radius 3 is 2.47 bits per heavy atom. The number of benzene rings is 1. The number of anilines is 1. The molecule has 156 valence electrons. The topological polar surface area (TPSA) is 93.0 Å². The smallest absolute Gasteiger partial charge is 0.243 e. The van der Waals surface area contributed by atoms with Gasteiger partial charge in [0.2, 0.25) is 11.8 Å². The average Bonchev–Trinajstić information content (AvgIpc) is 3.17. The minimum absolute atomic E-state index is 0.0179. The van der Waals surface area contributed by atoms with E-state index in [0.29, 0.717) is 17.4 Å². The van der Waals surface area contributed by atoms with Crippen LogP contribution in [0.2, 0.25) is 0 Å². The van der Waals surface area contributed by atoms with Crippen molar-refractivity contribution in [2.45, 2.75) is 25.5 Å². The summed E-state index contributed by atoms with van der Waals surface area (Å²) < 4.78 is 1.96. The highest BCUT2D eigenvalue weighted by Gasteiger charge is 2.17. The number of thioether (sulfide) groups is 1. The highest BCUT2D eigenvalue weighted by molar-refractivity contribution is 7.99. The summed E-state index contributed by atoms with van der Waals surface area (Å²) in [7, 11) is 1.62. The van der Waals surface area contributed by atoms with Gasteiger partial charge in [-0.3, -0.25) is 14.6 Å². The zero-order valence-corrected chi connectivity index (χ0v) is 18.0. The number of rotatable bonds is 8. The van der Waals surface area contributed by atoms with Crippen molar-refractivity contribution in [1.29, 1.82) is 0 Å². The van der Waals surface area contributed by atoms with Gasteiger partial charge in [-0.25, -0.2) is 0 Å². The Kier molecular flexibility index (Phi) is 7.18. The van der Waals surface area contributed by atoms with Crippen molar-refractivity contribution in [3.63, 3.8) is 0 Å². The van der Waals surface area contributed by atoms with Crippen LogP contribution in [0.3, 0.4) is 0 Å². The Morgan fingerprint density at radius 1 is 1.10 bits per heavy atom. The number of pyridine rings is 1. The van der Waals surface area contributed by atoms with Gasteiger partial charge in [-0.2, -0.15) is 0 Å². The largest absolute Gasteiger partial charge is 0.336 e. The summed E-state index contributed by atoms with van der Waals surface area (Å²) in [5.41, 5.74) is 2.74. The van der Waals surface area contributed by atoms with Crippen LogP contribution in [0.1, 0.15) is 12.5 Å². The summed E-state index contributed by atoms with van der Waals surface area (Å²) in [5, 5.41) is 11.9. The molecule has 0 saturated carbocycles. The lowest BCUT2D eigenvalue weighted by Crippen LogP contribution is -2.36. The van der Waals surface area contributed by atoms with Gasteiger partial charge >= 0.3 is 0 Å². The summed E-state index contributed by atoms with van der Waals surface area (Å²) in [6.45, 7) is 4.64. The van der Waals surface area contributed by atoms with E-state index in [4.69, 9.17) is 0 Å². The van der Waals surface area contributed by atoms with Crippen LogP contribution in [0, 0.1) is 6.92 Å². The second kappa shape index (κ2) is 10.0. The Labute approximate surface area is 179 Å². The van der Waals surface area contributed by atoms with E-state index in [2.05, 4.69) is 20.5 Å². The molecular formula is C21H24N6O2S. The van der Waals surface area contributed by atoms with E-state index < -0.39 is 0 Å². The maximum atomic E-state index is 12.5. The van der Waals surface area contributed by atoms with Crippen LogP contribution in [0.4, 0.5) is 5.69 Å². The number of amides is 2. The minimum atomic E-state index is -0.239. The molecule has 0 atom stereocenters. The molecule has 3 rings (SSSR count). The van der Waals surface area contributed by atoms with E-state index >= 15 is 0 Å². The number of nitrogens with zero attached hydrogens (tertiary/aromatic N) is 5. The molecule has 0 radical (unpaired) electrons. The maximum Gasteiger partial charge on any atom is 0.243 e. The number of likely N-dealkylation sites (N-methyl/N-ethyl adjacent to an activating group) is 1. The van der Waals surface area contributed by atoms with Gasteiger partial charge in [-0.15, -0.1) is 10.2 Å². The Hall–Kier alpha value is -3.20. The lowest BCUT2D eigenvalue weighted by Gasteiger charge is -2.16. The second-order valence-electron chi connectivity index (χ2n) is 6.74. The van der Waals surface area contributed by atoms with Gasteiger partial charge in [0, 0.05) is 37.2 Å². The van der Waals surface area contributed by atoms with Gasteiger partial charge in [-0.1, -0.05) is 29.5 Å². The molecule has 8 nitrogen and oxygen atoms in total. The zero-order chi connectivity index (χ0) is 21.5. The molecular weight excluding hydrogens is 400 g/mol. The molecule has 2 amide bonds. The Morgan fingerprint density at radius 2 is 1.80 bits per heavy atom. The van der Waals surface area contributed by atoms with Crippen LogP contribution in [-0.2, 0) is 16.1 Å². The fourth-order valence-electron chi connectivity index (χ4n) is 2.77. The van der Waals surface area contributed by atoms with Crippen LogP contribution in [-0.4, -0.2) is 55.8 Å². The van der Waals surface area contributed by atoms with E-state index in [1.54, 1.807) is 19.4 Å². The average molecular weight is 425 g/mol. The number of aryl methyl sites for hydroxylation is 1. The number of hydrogen-bond acceptors (Lipinski definition) is 6. The fourth-order valence-corrected chi connectivity index (χ4v) is 3.72. The number of carbonyl (C=O) groups excluding carboxylic acids is 2. The fraction of sp³-hybridized carbons (Fsp3) is 0.286. The van der Waals surface area contributed by atoms with Crippen molar-refractivity contribution < 1.29 is 9.59 Å². The lowest BCUT2D eigenvalue weighted by molar-refractivity contribution is -0.131. The Balaban J connectivity index is 1.55. The maximum absolute atomic E-state index is 12.5. The van der Waals surface area contributed by atoms with Crippen LogP contribution >= 0.6 is 11.8 Å². The molecule has 1 N–H and O–H groups in total. The highest BCUT2D eigenvalue weighted by atomic mass is 32.2. The first-order valence-corrected chi connectivity index (χ1v) is 10.5. The standard InChI is InChI=1S/C21H24N6O2S/c1-4-27-20(16-9-11-22-12-10-16)24-25-21(27)30-14-19(29)26(3)13-18(28)23-17-7-5-15(2)6-8-17/h5-12H,4,13-14H2,1-3H3,(H,23,28). The van der Waals surface area contributed by atoms with E-state index in [1.165, 1.54) is 16.7 Å². The van der Waals surface area contributed by atoms with E-state index in [1.807, 2.05) is 54.8 Å². The third kappa shape index (κ3) is 5.44. The number of aromatic nitrogens is 4. The number of nitrogens with one attached hydrogen (secondary N) is 1. The first-order valence-electron chi connectivity index (χ1n) is 9.54. The monoisotopic (exact) mass is 424 g/mol. The van der Waals surface area contributed by atoms with Crippen molar-refractivity contribution in [3.8, 4) is 11.4 Å². The molecule has 0 aliphatic heterocycles. The summed E-state index contributed by atoms with van der Waals surface area (Å²) in [6, 6.07) is 11.3. The first kappa shape index (κ1) is 21.5. The van der Waals surface area contributed by atoms with Crippen LogP contribution in [0.5, 0.6) is 0 Å². The van der Waals surface area contributed by atoms with Gasteiger partial charge in [0.25, 0.3) is 0 Å². The van der Waals surface area contributed by atoms with Crippen LogP contribution in [0.25, 0.3) is 11.4 Å². The van der Waals surface area contributed by atoms with Gasteiger partial charge in [0.1, 0.15) is 0 Å². The molecule has 0 bridgehead atoms. The SMILES string of the molecule is CCn1c(SCC(=O)N(C)CC(=O)Nc2ccc(C)cc2)nnc1-c1ccncc1. The summed E-state index contributed by atoms with van der Waals surface area (Å²) >= 11 is 1.31. The van der Waals surface area contributed by atoms with Gasteiger partial charge < -0.3 is 14.8 Å². The first-order chi connectivity index (χ1) is 14.5. The normalized spacial score (nSPS) is 10.6. The quantitative estimate of drug-likeness (QED) is 0.559. The van der Waals surface area contributed by atoms with Gasteiger partial charge in [0.05, 0.1) is 12.3 Å². The summed E-state index contributed by atoms with van der Waals surface area (Å²) in [5.74, 6) is 0.509. The highest BCUT2D eigenvalue weighted by Crippen LogP contribution is 2.23. The molecule has 0 fully saturated rings. The van der Waals surface area contributed by atoms with Gasteiger partial charge in [0.15, 0.2) is 11.0 Å². The molecule has 0 saturated heterocycles. The van der Waals surface area contributed by atoms with Crippen molar-refractivity contribution in [3.05, 3.63) is 54.4 Å². The van der Waals surface area contributed by atoms with E-state index in [0.717, 1.165) is 17.0 Å².